The number of nitrogens with one attached hydrogen (secondary N) is 2. The lowest BCUT2D eigenvalue weighted by Gasteiger charge is -2.26. The molecule has 8 nitrogen and oxygen atoms in total. The van der Waals surface area contributed by atoms with Crippen LogP contribution in [0.15, 0.2) is 67.3 Å². The van der Waals surface area contributed by atoms with E-state index in [1.807, 2.05) is 71.1 Å². The van der Waals surface area contributed by atoms with Crippen LogP contribution in [0.4, 0.5) is 11.5 Å². The van der Waals surface area contributed by atoms with Crippen LogP contribution in [0, 0.1) is 0 Å². The quantitative estimate of drug-likeness (QED) is 0.239. The minimum atomic E-state index is -0.820. The lowest BCUT2D eigenvalue weighted by molar-refractivity contribution is 0.179. The highest BCUT2D eigenvalue weighted by Crippen LogP contribution is 2.37. The number of halogens is 1. The maximum absolute atomic E-state index is 10.9. The zero-order chi connectivity index (χ0) is 22.1. The molecule has 1 aliphatic carbocycles. The van der Waals surface area contributed by atoms with E-state index >= 15 is 0 Å². The average Bonchev–Trinajstić information content (AvgIpc) is 3.55. The molecule has 0 radical (unpaired) electrons. The molecule has 1 saturated carbocycles. The van der Waals surface area contributed by atoms with Gasteiger partial charge < -0.3 is 23.4 Å². The number of anilines is 2. The standard InChI is InChI=1S/C23H24IN7O/c1-30(24)21-8-5-17(13-26-21)15-9-10-25-20(12-15)23(32)28-18-4-2-3-16(11-18)22-29-27-14-31(22)19-6-7-19/h2-5,8-14,19-20,23,25,28,32H,6-7H2,1H3. The lowest BCUT2D eigenvalue weighted by atomic mass is 10.0. The van der Waals surface area contributed by atoms with Crippen LogP contribution in [0.1, 0.15) is 24.4 Å². The van der Waals surface area contributed by atoms with Crippen molar-refractivity contribution in [3.05, 3.63) is 72.8 Å². The Balaban J connectivity index is 1.31. The Morgan fingerprint density at radius 1 is 1.25 bits per heavy atom. The number of aliphatic hydroxyl groups excluding tert-OH is 1. The Labute approximate surface area is 200 Å². The van der Waals surface area contributed by atoms with E-state index in [-0.39, 0.29) is 6.04 Å². The number of aliphatic hydroxyl groups is 1. The third-order valence-electron chi connectivity index (χ3n) is 5.60. The average molecular weight is 541 g/mol. The topological polar surface area (TPSA) is 91.1 Å². The number of pyridine rings is 1. The van der Waals surface area contributed by atoms with Gasteiger partial charge in [-0.1, -0.05) is 12.1 Å². The number of hydrogen-bond donors (Lipinski definition) is 3. The fourth-order valence-electron chi connectivity index (χ4n) is 3.74. The van der Waals surface area contributed by atoms with Gasteiger partial charge >= 0.3 is 0 Å². The van der Waals surface area contributed by atoms with Crippen LogP contribution in [-0.2, 0) is 0 Å². The molecule has 3 heterocycles. The SMILES string of the molecule is CN(I)c1ccc(C2=CC(C(O)Nc3cccc(-c4nncn4C4CC4)c3)NC=C2)cn1. The monoisotopic (exact) mass is 541 g/mol. The van der Waals surface area contributed by atoms with Crippen molar-refractivity contribution in [2.75, 3.05) is 15.5 Å². The van der Waals surface area contributed by atoms with Crippen LogP contribution < -0.4 is 13.7 Å². The minimum absolute atomic E-state index is 0.291. The highest BCUT2D eigenvalue weighted by Gasteiger charge is 2.26. The zero-order valence-corrected chi connectivity index (χ0v) is 19.7. The number of hydrogen-bond acceptors (Lipinski definition) is 7. The Morgan fingerprint density at radius 2 is 2.12 bits per heavy atom. The van der Waals surface area contributed by atoms with Crippen molar-refractivity contribution in [3.8, 4) is 11.4 Å². The fourth-order valence-corrected chi connectivity index (χ4v) is 4.02. The number of aromatic nitrogens is 4. The largest absolute Gasteiger partial charge is 0.380 e. The summed E-state index contributed by atoms with van der Waals surface area (Å²) in [7, 11) is 1.95. The number of dihydropyridines is 1. The Morgan fingerprint density at radius 3 is 2.88 bits per heavy atom. The molecule has 1 aromatic carbocycles. The smallest absolute Gasteiger partial charge is 0.164 e. The van der Waals surface area contributed by atoms with E-state index in [9.17, 15) is 5.11 Å². The third kappa shape index (κ3) is 4.49. The van der Waals surface area contributed by atoms with Crippen molar-refractivity contribution < 1.29 is 5.11 Å². The van der Waals surface area contributed by atoms with Gasteiger partial charge in [0.25, 0.3) is 0 Å². The van der Waals surface area contributed by atoms with E-state index < -0.39 is 6.23 Å². The molecule has 0 spiro atoms. The maximum Gasteiger partial charge on any atom is 0.164 e. The normalized spacial score (nSPS) is 18.6. The molecule has 2 aliphatic rings. The first kappa shape index (κ1) is 21.0. The number of allylic oxidation sites excluding steroid dienone is 2. The second-order valence-corrected chi connectivity index (χ2v) is 9.44. The Kier molecular flexibility index (Phi) is 5.83. The summed E-state index contributed by atoms with van der Waals surface area (Å²) in [6, 6.07) is 12.1. The minimum Gasteiger partial charge on any atom is -0.380 e. The number of benzene rings is 1. The lowest BCUT2D eigenvalue weighted by Crippen LogP contribution is -2.41. The molecule has 1 aliphatic heterocycles. The predicted octanol–water partition coefficient (Wildman–Crippen LogP) is 3.76. The van der Waals surface area contributed by atoms with E-state index in [2.05, 4.69) is 53.2 Å². The molecular formula is C23H24IN7O. The molecule has 2 unspecified atom stereocenters. The van der Waals surface area contributed by atoms with Gasteiger partial charge in [0.1, 0.15) is 18.4 Å². The molecule has 0 amide bonds. The second-order valence-electron chi connectivity index (χ2n) is 7.99. The summed E-state index contributed by atoms with van der Waals surface area (Å²) in [6.07, 6.45) is 11.0. The summed E-state index contributed by atoms with van der Waals surface area (Å²) in [5.74, 6) is 1.75. The molecule has 2 atom stereocenters. The molecular weight excluding hydrogens is 517 g/mol. The van der Waals surface area contributed by atoms with E-state index in [0.717, 1.165) is 34.0 Å². The van der Waals surface area contributed by atoms with Crippen molar-refractivity contribution in [2.24, 2.45) is 0 Å². The molecule has 9 heteroatoms. The van der Waals surface area contributed by atoms with Crippen LogP contribution in [0.2, 0.25) is 0 Å². The zero-order valence-electron chi connectivity index (χ0n) is 17.6. The van der Waals surface area contributed by atoms with Gasteiger partial charge in [-0.3, -0.25) is 0 Å². The maximum atomic E-state index is 10.9. The van der Waals surface area contributed by atoms with Crippen molar-refractivity contribution in [3.63, 3.8) is 0 Å². The van der Waals surface area contributed by atoms with Gasteiger partial charge in [0, 0.05) is 30.5 Å². The Hall–Kier alpha value is -2.92. The molecule has 0 saturated heterocycles. The van der Waals surface area contributed by atoms with Crippen LogP contribution in [0.25, 0.3) is 17.0 Å². The first-order chi connectivity index (χ1) is 15.6. The van der Waals surface area contributed by atoms with E-state index in [0.29, 0.717) is 6.04 Å². The van der Waals surface area contributed by atoms with Crippen LogP contribution in [0.5, 0.6) is 0 Å². The molecule has 2 aromatic heterocycles. The summed E-state index contributed by atoms with van der Waals surface area (Å²) in [6.45, 7) is 0. The summed E-state index contributed by atoms with van der Waals surface area (Å²) < 4.78 is 4.07. The fraction of sp³-hybridized carbons (Fsp3) is 0.261. The molecule has 3 N–H and O–H groups in total. The van der Waals surface area contributed by atoms with Crippen LogP contribution in [0.3, 0.4) is 0 Å². The first-order valence-electron chi connectivity index (χ1n) is 10.5. The molecule has 32 heavy (non-hydrogen) atoms. The van der Waals surface area contributed by atoms with E-state index in [1.165, 1.54) is 12.8 Å². The van der Waals surface area contributed by atoms with Crippen molar-refractivity contribution in [1.29, 1.82) is 0 Å². The predicted molar refractivity (Wildman–Crippen MR) is 134 cm³/mol. The summed E-state index contributed by atoms with van der Waals surface area (Å²) in [5, 5.41) is 25.7. The molecule has 1 fully saturated rings. The van der Waals surface area contributed by atoms with Crippen molar-refractivity contribution in [2.45, 2.75) is 31.2 Å². The molecule has 164 valence electrons. The van der Waals surface area contributed by atoms with Crippen LogP contribution in [-0.4, -0.2) is 44.2 Å². The van der Waals surface area contributed by atoms with Crippen molar-refractivity contribution >= 4 is 39.9 Å². The van der Waals surface area contributed by atoms with Gasteiger partial charge in [0.15, 0.2) is 5.82 Å². The van der Waals surface area contributed by atoms with E-state index in [4.69, 9.17) is 0 Å². The molecule has 0 bridgehead atoms. The van der Waals surface area contributed by atoms with Crippen LogP contribution >= 0.6 is 22.9 Å². The van der Waals surface area contributed by atoms with Gasteiger partial charge in [-0.05, 0) is 66.6 Å². The third-order valence-corrected chi connectivity index (χ3v) is 6.09. The Bertz CT molecular complexity index is 1150. The molecule has 3 aromatic rings. The van der Waals surface area contributed by atoms with Gasteiger partial charge in [-0.15, -0.1) is 10.2 Å². The van der Waals surface area contributed by atoms with Gasteiger partial charge in [0.2, 0.25) is 0 Å². The summed E-state index contributed by atoms with van der Waals surface area (Å²) in [5.41, 5.74) is 3.81. The highest BCUT2D eigenvalue weighted by atomic mass is 127. The number of nitrogens with zero attached hydrogens (tertiary/aromatic N) is 5. The van der Waals surface area contributed by atoms with Gasteiger partial charge in [0.05, 0.1) is 28.9 Å². The summed E-state index contributed by atoms with van der Waals surface area (Å²) >= 11 is 2.19. The first-order valence-corrected chi connectivity index (χ1v) is 11.5. The van der Waals surface area contributed by atoms with E-state index in [1.54, 1.807) is 6.33 Å². The second kappa shape index (κ2) is 8.91. The van der Waals surface area contributed by atoms with Gasteiger partial charge in [-0.25, -0.2) is 4.98 Å². The molecule has 5 rings (SSSR count). The summed E-state index contributed by atoms with van der Waals surface area (Å²) in [4.78, 5) is 4.48. The number of rotatable bonds is 7. The van der Waals surface area contributed by atoms with Crippen molar-refractivity contribution in [1.82, 2.24) is 25.1 Å². The van der Waals surface area contributed by atoms with Gasteiger partial charge in [-0.2, -0.15) is 0 Å². The highest BCUT2D eigenvalue weighted by molar-refractivity contribution is 14.1.